The van der Waals surface area contributed by atoms with Crippen LogP contribution in [-0.4, -0.2) is 44.8 Å². The van der Waals surface area contributed by atoms with Gasteiger partial charge in [-0.3, -0.25) is 4.79 Å². The number of aromatic nitrogens is 3. The third kappa shape index (κ3) is 3.03. The van der Waals surface area contributed by atoms with Gasteiger partial charge in [0.25, 0.3) is 5.92 Å². The highest BCUT2D eigenvalue weighted by atomic mass is 19.3. The van der Waals surface area contributed by atoms with Crippen LogP contribution in [0.25, 0.3) is 11.2 Å². The molecule has 2 aromatic heterocycles. The molecule has 1 aliphatic carbocycles. The van der Waals surface area contributed by atoms with Crippen LogP contribution < -0.4 is 0 Å². The average Bonchev–Trinajstić information content (AvgIpc) is 3.05. The molecule has 0 radical (unpaired) electrons. The summed E-state index contributed by atoms with van der Waals surface area (Å²) < 4.78 is 26.8. The molecule has 0 unspecified atom stereocenters. The summed E-state index contributed by atoms with van der Waals surface area (Å²) in [6.07, 6.45) is 7.13. The van der Waals surface area contributed by atoms with Gasteiger partial charge in [0.15, 0.2) is 5.65 Å². The second-order valence-corrected chi connectivity index (χ2v) is 7.00. The van der Waals surface area contributed by atoms with Crippen LogP contribution in [0.5, 0.6) is 0 Å². The van der Waals surface area contributed by atoms with E-state index in [9.17, 15) is 13.6 Å². The fourth-order valence-corrected chi connectivity index (χ4v) is 3.64. The van der Waals surface area contributed by atoms with Crippen LogP contribution in [0.15, 0.2) is 25.0 Å². The maximum absolute atomic E-state index is 13.4. The van der Waals surface area contributed by atoms with Gasteiger partial charge in [-0.15, -0.1) is 0 Å². The number of nitrogens with one attached hydrogen (secondary N) is 1. The maximum atomic E-state index is 13.4. The summed E-state index contributed by atoms with van der Waals surface area (Å²) in [6.45, 7) is 4.95. The van der Waals surface area contributed by atoms with E-state index in [-0.39, 0.29) is 12.3 Å². The van der Waals surface area contributed by atoms with Crippen LogP contribution in [0.1, 0.15) is 36.4 Å². The lowest BCUT2D eigenvalue weighted by atomic mass is 9.92. The molecule has 2 aliphatic rings. The minimum atomic E-state index is -2.61. The molecule has 132 valence electrons. The van der Waals surface area contributed by atoms with Crippen molar-refractivity contribution < 1.29 is 13.6 Å². The Labute approximate surface area is 144 Å². The van der Waals surface area contributed by atoms with E-state index in [1.807, 2.05) is 0 Å². The second kappa shape index (κ2) is 5.89. The molecule has 1 atom stereocenters. The zero-order valence-electron chi connectivity index (χ0n) is 13.8. The molecule has 5 nitrogen and oxygen atoms in total. The number of halogens is 2. The Morgan fingerprint density at radius 3 is 2.80 bits per heavy atom. The molecule has 1 amide bonds. The lowest BCUT2D eigenvalue weighted by Gasteiger charge is -2.31. The van der Waals surface area contributed by atoms with Gasteiger partial charge >= 0.3 is 0 Å². The van der Waals surface area contributed by atoms with E-state index in [4.69, 9.17) is 0 Å². The van der Waals surface area contributed by atoms with Gasteiger partial charge in [-0.25, -0.2) is 18.7 Å². The predicted molar refractivity (Wildman–Crippen MR) is 89.4 cm³/mol. The quantitative estimate of drug-likeness (QED) is 0.866. The van der Waals surface area contributed by atoms with E-state index < -0.39 is 11.8 Å². The maximum Gasteiger partial charge on any atom is 0.256 e. The van der Waals surface area contributed by atoms with E-state index in [2.05, 4.69) is 21.5 Å². The van der Waals surface area contributed by atoms with Crippen LogP contribution >= 0.6 is 0 Å². The molecule has 0 bridgehead atoms. The van der Waals surface area contributed by atoms with Crippen LogP contribution in [-0.2, 0) is 11.2 Å². The number of H-pyrrole nitrogens is 1. The SMILES string of the molecule is C=CC(=O)N1CCC(Cc2cnc3[nH]cc([C@@H]4CC4(F)F)c3n2)CC1. The van der Waals surface area contributed by atoms with Gasteiger partial charge in [-0.1, -0.05) is 6.58 Å². The summed E-state index contributed by atoms with van der Waals surface area (Å²) in [5.74, 6) is -2.96. The predicted octanol–water partition coefficient (Wildman–Crippen LogP) is 3.05. The Balaban J connectivity index is 1.47. The lowest BCUT2D eigenvalue weighted by molar-refractivity contribution is -0.127. The van der Waals surface area contributed by atoms with Crippen molar-refractivity contribution >= 4 is 17.1 Å². The lowest BCUT2D eigenvalue weighted by Crippen LogP contribution is -2.37. The molecule has 0 spiro atoms. The largest absolute Gasteiger partial charge is 0.344 e. The third-order valence-corrected chi connectivity index (χ3v) is 5.26. The van der Waals surface area contributed by atoms with Crippen molar-refractivity contribution in [1.82, 2.24) is 19.9 Å². The Kier molecular flexibility index (Phi) is 3.81. The summed E-state index contributed by atoms with van der Waals surface area (Å²) in [5.41, 5.74) is 2.53. The molecule has 3 heterocycles. The zero-order chi connectivity index (χ0) is 17.6. The number of rotatable bonds is 4. The minimum absolute atomic E-state index is 0.0259. The fourth-order valence-electron chi connectivity index (χ4n) is 3.64. The van der Waals surface area contributed by atoms with Crippen LogP contribution in [0.2, 0.25) is 0 Å². The first-order valence-corrected chi connectivity index (χ1v) is 8.60. The Morgan fingerprint density at radius 2 is 2.16 bits per heavy atom. The zero-order valence-corrected chi connectivity index (χ0v) is 13.8. The van der Waals surface area contributed by atoms with Crippen LogP contribution in [0.4, 0.5) is 8.78 Å². The Bertz CT molecular complexity index is 824. The van der Waals surface area contributed by atoms with Gasteiger partial charge in [0.1, 0.15) is 5.52 Å². The first-order chi connectivity index (χ1) is 12.0. The molecule has 1 saturated heterocycles. The molecular weight excluding hydrogens is 326 g/mol. The number of aromatic amines is 1. The van der Waals surface area contributed by atoms with Gasteiger partial charge in [-0.05, 0) is 31.3 Å². The molecule has 2 aromatic rings. The molecule has 1 aliphatic heterocycles. The van der Waals surface area contributed by atoms with Gasteiger partial charge < -0.3 is 9.88 Å². The van der Waals surface area contributed by atoms with Crippen molar-refractivity contribution in [2.24, 2.45) is 5.92 Å². The normalized spacial score (nSPS) is 23.0. The van der Waals surface area contributed by atoms with Gasteiger partial charge in [-0.2, -0.15) is 0 Å². The summed E-state index contributed by atoms with van der Waals surface area (Å²) in [5, 5.41) is 0. The summed E-state index contributed by atoms with van der Waals surface area (Å²) >= 11 is 0. The van der Waals surface area contributed by atoms with E-state index in [1.165, 1.54) is 6.08 Å². The number of hydrogen-bond acceptors (Lipinski definition) is 3. The minimum Gasteiger partial charge on any atom is -0.344 e. The number of carbonyl (C=O) groups is 1. The van der Waals surface area contributed by atoms with Gasteiger partial charge in [0.05, 0.1) is 17.8 Å². The summed E-state index contributed by atoms with van der Waals surface area (Å²) in [6, 6.07) is 0. The van der Waals surface area contributed by atoms with E-state index in [0.29, 0.717) is 22.6 Å². The van der Waals surface area contributed by atoms with E-state index in [1.54, 1.807) is 17.3 Å². The van der Waals surface area contributed by atoms with Gasteiger partial charge in [0, 0.05) is 31.3 Å². The topological polar surface area (TPSA) is 61.9 Å². The molecule has 0 aromatic carbocycles. The van der Waals surface area contributed by atoms with Crippen molar-refractivity contribution in [3.63, 3.8) is 0 Å². The first kappa shape index (κ1) is 16.2. The standard InChI is InChI=1S/C18H20F2N4O/c1-2-15(25)24-5-3-11(4-6-24)7-12-9-21-17-16(23-12)13(10-22-17)14-8-18(14,19)20/h2,9-11,14H,1,3-8H2,(H,21,22)/t14-/m0/s1. The molecule has 4 rings (SSSR count). The molecule has 1 N–H and O–H groups in total. The number of hydrogen-bond donors (Lipinski definition) is 1. The van der Waals surface area contributed by atoms with Crippen LogP contribution in [0, 0.1) is 5.92 Å². The highest BCUT2D eigenvalue weighted by molar-refractivity contribution is 5.87. The fraction of sp³-hybridized carbons (Fsp3) is 0.500. The van der Waals surface area contributed by atoms with E-state index >= 15 is 0 Å². The highest BCUT2D eigenvalue weighted by Crippen LogP contribution is 2.56. The average molecular weight is 346 g/mol. The van der Waals surface area contributed by atoms with Crippen LogP contribution in [0.3, 0.4) is 0 Å². The Morgan fingerprint density at radius 1 is 1.44 bits per heavy atom. The van der Waals surface area contributed by atoms with Crippen molar-refractivity contribution in [3.8, 4) is 0 Å². The second-order valence-electron chi connectivity index (χ2n) is 7.00. The molecule has 2 fully saturated rings. The van der Waals surface area contributed by atoms with Crippen molar-refractivity contribution in [1.29, 1.82) is 0 Å². The number of carbonyl (C=O) groups excluding carboxylic acids is 1. The molecular formula is C18H20F2N4O. The number of likely N-dealkylation sites (tertiary alicyclic amines) is 1. The smallest absolute Gasteiger partial charge is 0.256 e. The van der Waals surface area contributed by atoms with Crippen molar-refractivity contribution in [2.75, 3.05) is 13.1 Å². The third-order valence-electron chi connectivity index (χ3n) is 5.26. The van der Waals surface area contributed by atoms with Gasteiger partial charge in [0.2, 0.25) is 5.91 Å². The monoisotopic (exact) mass is 346 g/mol. The van der Waals surface area contributed by atoms with Crippen molar-refractivity contribution in [3.05, 3.63) is 36.3 Å². The highest BCUT2D eigenvalue weighted by Gasteiger charge is 2.58. The van der Waals surface area contributed by atoms with E-state index in [0.717, 1.165) is 38.0 Å². The van der Waals surface area contributed by atoms with Crippen molar-refractivity contribution in [2.45, 2.75) is 37.5 Å². The number of amides is 1. The number of nitrogens with zero attached hydrogens (tertiary/aromatic N) is 3. The number of piperidine rings is 1. The first-order valence-electron chi connectivity index (χ1n) is 8.60. The Hall–Kier alpha value is -2.31. The molecule has 7 heteroatoms. The number of alkyl halides is 2. The summed E-state index contributed by atoms with van der Waals surface area (Å²) in [7, 11) is 0. The number of fused-ring (bicyclic) bond motifs is 1. The molecule has 1 saturated carbocycles. The molecule has 25 heavy (non-hydrogen) atoms. The summed E-state index contributed by atoms with van der Waals surface area (Å²) in [4.78, 5) is 25.3.